The van der Waals surface area contributed by atoms with Crippen molar-refractivity contribution in [1.82, 2.24) is 10.2 Å². The average Bonchev–Trinajstić information content (AvgIpc) is 2.84. The van der Waals surface area contributed by atoms with E-state index in [-0.39, 0.29) is 17.2 Å². The van der Waals surface area contributed by atoms with Gasteiger partial charge in [-0.15, -0.1) is 0 Å². The highest BCUT2D eigenvalue weighted by Crippen LogP contribution is 2.49. The zero-order valence-electron chi connectivity index (χ0n) is 23.0. The molecule has 0 aromatic heterocycles. The molecule has 1 amide bonds. The maximum atomic E-state index is 12.3. The van der Waals surface area contributed by atoms with Gasteiger partial charge in [-0.2, -0.15) is 0 Å². The summed E-state index contributed by atoms with van der Waals surface area (Å²) < 4.78 is 0. The molecule has 204 valence electrons. The number of unbranched alkanes of at least 4 members (excludes halogenated alkanes) is 7. The summed E-state index contributed by atoms with van der Waals surface area (Å²) >= 11 is 0. The van der Waals surface area contributed by atoms with E-state index in [4.69, 9.17) is 0 Å². The fraction of sp³-hybridized carbons (Fsp3) is 0.806. The zero-order valence-corrected chi connectivity index (χ0v) is 23.0. The summed E-state index contributed by atoms with van der Waals surface area (Å²) in [6.45, 7) is 5.64. The maximum absolute atomic E-state index is 12.3. The van der Waals surface area contributed by atoms with Crippen molar-refractivity contribution in [2.75, 3.05) is 26.2 Å². The lowest BCUT2D eigenvalue weighted by atomic mass is 9.61. The number of hydrogen-bond donors (Lipinski definition) is 2. The number of carboxylic acid groups (broad SMARTS) is 1. The first-order valence-corrected chi connectivity index (χ1v) is 15.1. The minimum atomic E-state index is -0.692. The van der Waals surface area contributed by atoms with E-state index in [1.807, 2.05) is 0 Å². The van der Waals surface area contributed by atoms with E-state index in [0.717, 1.165) is 45.3 Å². The molecule has 0 radical (unpaired) electrons. The minimum Gasteiger partial charge on any atom is -0.478 e. The third-order valence-corrected chi connectivity index (χ3v) is 8.76. The lowest BCUT2D eigenvalue weighted by Crippen LogP contribution is -2.50. The Bertz CT molecular complexity index is 759. The number of piperidine rings is 1. The van der Waals surface area contributed by atoms with Crippen LogP contribution in [0.4, 0.5) is 0 Å². The van der Waals surface area contributed by atoms with Crippen molar-refractivity contribution in [1.29, 1.82) is 0 Å². The molecule has 1 unspecified atom stereocenters. The molecule has 3 bridgehead atoms. The van der Waals surface area contributed by atoms with Crippen LogP contribution in [0.5, 0.6) is 0 Å². The standard InChI is InChI=1S/C31H52N2O3/c1-26(34)32-20-15-11-7-3-2-6-10-14-19-31-24-27-17-13-9-5-4-8-12-16-21-33(25-31)22-18-29(31)28(23-27)30(35)36/h23-24,29H,2-22,25H2,1H3,(H,32,34)(H,35,36)/t29-,31-/m1/s1. The van der Waals surface area contributed by atoms with Crippen LogP contribution in [0, 0.1) is 11.3 Å². The van der Waals surface area contributed by atoms with Gasteiger partial charge in [0.05, 0.1) is 0 Å². The van der Waals surface area contributed by atoms with Crippen LogP contribution in [0.25, 0.3) is 0 Å². The van der Waals surface area contributed by atoms with Gasteiger partial charge in [0.2, 0.25) is 5.91 Å². The second-order valence-corrected chi connectivity index (χ2v) is 11.8. The Labute approximate surface area is 220 Å². The quantitative estimate of drug-likeness (QED) is 0.282. The van der Waals surface area contributed by atoms with Crippen LogP contribution in [-0.2, 0) is 9.59 Å². The summed E-state index contributed by atoms with van der Waals surface area (Å²) in [6.07, 6.45) is 26.6. The molecular formula is C31H52N2O3. The van der Waals surface area contributed by atoms with E-state index in [1.165, 1.54) is 102 Å². The molecule has 1 fully saturated rings. The second-order valence-electron chi connectivity index (χ2n) is 11.8. The Morgan fingerprint density at radius 2 is 1.56 bits per heavy atom. The topological polar surface area (TPSA) is 69.6 Å². The van der Waals surface area contributed by atoms with E-state index in [0.29, 0.717) is 5.57 Å². The Morgan fingerprint density at radius 3 is 2.25 bits per heavy atom. The number of hydrogen-bond acceptors (Lipinski definition) is 3. The average molecular weight is 501 g/mol. The Hall–Kier alpha value is -1.62. The highest BCUT2D eigenvalue weighted by Gasteiger charge is 2.46. The van der Waals surface area contributed by atoms with E-state index in [2.05, 4.69) is 22.4 Å². The molecule has 3 rings (SSSR count). The summed E-state index contributed by atoms with van der Waals surface area (Å²) in [5, 5.41) is 13.0. The van der Waals surface area contributed by atoms with Gasteiger partial charge in [-0.1, -0.05) is 88.7 Å². The van der Waals surface area contributed by atoms with Crippen molar-refractivity contribution in [3.05, 3.63) is 23.3 Å². The molecule has 0 aromatic carbocycles. The summed E-state index contributed by atoms with van der Waals surface area (Å²) in [5.41, 5.74) is 1.99. The third-order valence-electron chi connectivity index (χ3n) is 8.76. The number of nitrogens with one attached hydrogen (secondary N) is 1. The van der Waals surface area contributed by atoms with Crippen LogP contribution in [0.1, 0.15) is 122 Å². The number of carbonyl (C=O) groups is 2. The van der Waals surface area contributed by atoms with Crippen molar-refractivity contribution in [3.63, 3.8) is 0 Å². The fourth-order valence-corrected chi connectivity index (χ4v) is 6.85. The molecule has 2 N–H and O–H groups in total. The van der Waals surface area contributed by atoms with E-state index < -0.39 is 5.97 Å². The first-order valence-electron chi connectivity index (χ1n) is 15.1. The van der Waals surface area contributed by atoms with Gasteiger partial charge in [0.15, 0.2) is 0 Å². The molecule has 36 heavy (non-hydrogen) atoms. The van der Waals surface area contributed by atoms with Crippen LogP contribution in [0.2, 0.25) is 0 Å². The molecule has 5 nitrogen and oxygen atoms in total. The molecule has 5 heteroatoms. The molecule has 3 aliphatic rings. The summed E-state index contributed by atoms with van der Waals surface area (Å²) in [5.74, 6) is -0.451. The number of carbonyl (C=O) groups excluding carboxylic acids is 1. The molecule has 1 saturated heterocycles. The smallest absolute Gasteiger partial charge is 0.331 e. The maximum Gasteiger partial charge on any atom is 0.331 e. The summed E-state index contributed by atoms with van der Waals surface area (Å²) in [4.78, 5) is 25.9. The Balaban J connectivity index is 1.54. The molecule has 2 heterocycles. The van der Waals surface area contributed by atoms with Crippen LogP contribution in [-0.4, -0.2) is 48.1 Å². The molecule has 0 aromatic rings. The van der Waals surface area contributed by atoms with Crippen LogP contribution < -0.4 is 5.32 Å². The lowest BCUT2D eigenvalue weighted by molar-refractivity contribution is -0.134. The van der Waals surface area contributed by atoms with Crippen molar-refractivity contribution in [2.24, 2.45) is 11.3 Å². The number of nitrogens with zero attached hydrogens (tertiary/aromatic N) is 1. The highest BCUT2D eigenvalue weighted by molar-refractivity contribution is 5.88. The second kappa shape index (κ2) is 15.6. The van der Waals surface area contributed by atoms with Gasteiger partial charge in [0.1, 0.15) is 0 Å². The Kier molecular flexibility index (Phi) is 12.5. The molecule has 3 atom stereocenters. The highest BCUT2D eigenvalue weighted by atomic mass is 16.4. The van der Waals surface area contributed by atoms with Crippen LogP contribution in [0.15, 0.2) is 23.3 Å². The van der Waals surface area contributed by atoms with E-state index >= 15 is 0 Å². The molecule has 0 spiro atoms. The van der Waals surface area contributed by atoms with Gasteiger partial charge in [0.25, 0.3) is 0 Å². The van der Waals surface area contributed by atoms with Gasteiger partial charge in [-0.25, -0.2) is 4.79 Å². The molecule has 0 saturated carbocycles. The molecule has 1 aliphatic carbocycles. The molecular weight excluding hydrogens is 448 g/mol. The van der Waals surface area contributed by atoms with Crippen molar-refractivity contribution >= 4 is 11.9 Å². The molecule has 2 aliphatic heterocycles. The first kappa shape index (κ1) is 28.9. The van der Waals surface area contributed by atoms with Crippen molar-refractivity contribution in [3.8, 4) is 0 Å². The number of fused-ring (bicyclic) bond motifs is 1. The number of allylic oxidation sites excluding steroid dienone is 2. The largest absolute Gasteiger partial charge is 0.478 e. The van der Waals surface area contributed by atoms with Gasteiger partial charge in [-0.3, -0.25) is 4.79 Å². The normalized spacial score (nSPS) is 27.0. The Morgan fingerprint density at radius 1 is 0.917 bits per heavy atom. The van der Waals surface area contributed by atoms with Gasteiger partial charge in [0, 0.05) is 36.9 Å². The predicted octanol–water partition coefficient (Wildman–Crippen LogP) is 7.03. The lowest BCUT2D eigenvalue weighted by Gasteiger charge is -2.49. The number of rotatable bonds is 12. The first-order chi connectivity index (χ1) is 17.5. The van der Waals surface area contributed by atoms with Gasteiger partial charge in [-0.05, 0) is 57.7 Å². The monoisotopic (exact) mass is 500 g/mol. The fourth-order valence-electron chi connectivity index (χ4n) is 6.85. The SMILES string of the molecule is CC(=O)NCCCCCCCCCC[C@]12C=C3C=C(C(=O)O)[C@H]1CCN(CCCCCCCCC3)C2. The zero-order chi connectivity index (χ0) is 25.6. The minimum absolute atomic E-state index is 0.00385. The van der Waals surface area contributed by atoms with Gasteiger partial charge < -0.3 is 15.3 Å². The van der Waals surface area contributed by atoms with E-state index in [1.54, 1.807) is 6.92 Å². The summed E-state index contributed by atoms with van der Waals surface area (Å²) in [6, 6.07) is 0. The van der Waals surface area contributed by atoms with Crippen LogP contribution in [0.3, 0.4) is 0 Å². The predicted molar refractivity (Wildman–Crippen MR) is 148 cm³/mol. The van der Waals surface area contributed by atoms with Crippen molar-refractivity contribution in [2.45, 2.75) is 122 Å². The number of carboxylic acids is 1. The third kappa shape index (κ3) is 9.36. The van der Waals surface area contributed by atoms with E-state index in [9.17, 15) is 14.7 Å². The van der Waals surface area contributed by atoms with Crippen molar-refractivity contribution < 1.29 is 14.7 Å². The van der Waals surface area contributed by atoms with Crippen LogP contribution >= 0.6 is 0 Å². The number of aliphatic carboxylic acids is 1. The van der Waals surface area contributed by atoms with Gasteiger partial charge >= 0.3 is 5.97 Å². The number of amides is 1. The summed E-state index contributed by atoms with van der Waals surface area (Å²) in [7, 11) is 0.